The summed E-state index contributed by atoms with van der Waals surface area (Å²) < 4.78 is 11.5. The van der Waals surface area contributed by atoms with Crippen LogP contribution in [0.15, 0.2) is 109 Å². The minimum absolute atomic E-state index is 0.0893. The third kappa shape index (κ3) is 10.9. The Morgan fingerprint density at radius 2 is 1.13 bits per heavy atom. The standard InChI is InChI=1S/C18H21NO2.C15H17NO/c1-2-18(20)19-12-11-15-9-6-10-17(13-15)21-14-16-7-4-3-5-8-16;16-10-9-13-7-4-8-15(11-13)17-12-14-5-2-1-3-6-14/h3-10,13H,2,11-12,14H2,1H3,(H,19,20);1-8,11H,9-10,12,16H2. The number of benzene rings is 4. The SMILES string of the molecule is CCC(=O)NCCc1cccc(OCc2ccccc2)c1.NCCc1cccc(OCc2ccccc2)c1. The molecule has 198 valence electrons. The average molecular weight is 511 g/mol. The molecule has 0 radical (unpaired) electrons. The summed E-state index contributed by atoms with van der Waals surface area (Å²) in [5, 5.41) is 2.88. The molecule has 0 aliphatic carbocycles. The lowest BCUT2D eigenvalue weighted by Gasteiger charge is -2.09. The molecule has 0 unspecified atom stereocenters. The second-order valence-corrected chi connectivity index (χ2v) is 8.84. The van der Waals surface area contributed by atoms with Gasteiger partial charge in [0.15, 0.2) is 0 Å². The topological polar surface area (TPSA) is 73.6 Å². The smallest absolute Gasteiger partial charge is 0.219 e. The van der Waals surface area contributed by atoms with Crippen LogP contribution >= 0.6 is 0 Å². The molecular weight excluding hydrogens is 472 g/mol. The molecule has 0 fully saturated rings. The molecule has 5 nitrogen and oxygen atoms in total. The summed E-state index contributed by atoms with van der Waals surface area (Å²) in [5.41, 5.74) is 10.2. The van der Waals surface area contributed by atoms with Crippen LogP contribution in [0.2, 0.25) is 0 Å². The zero-order valence-electron chi connectivity index (χ0n) is 22.1. The Morgan fingerprint density at radius 1 is 0.658 bits per heavy atom. The molecule has 4 aromatic carbocycles. The monoisotopic (exact) mass is 510 g/mol. The van der Waals surface area contributed by atoms with Crippen molar-refractivity contribution >= 4 is 5.91 Å². The predicted molar refractivity (Wildman–Crippen MR) is 154 cm³/mol. The zero-order chi connectivity index (χ0) is 26.8. The third-order valence-corrected chi connectivity index (χ3v) is 5.78. The van der Waals surface area contributed by atoms with Crippen LogP contribution in [0.4, 0.5) is 0 Å². The van der Waals surface area contributed by atoms with Crippen LogP contribution in [0.3, 0.4) is 0 Å². The maximum absolute atomic E-state index is 11.2. The molecule has 0 bridgehead atoms. The van der Waals surface area contributed by atoms with Crippen molar-refractivity contribution in [1.82, 2.24) is 5.32 Å². The van der Waals surface area contributed by atoms with Gasteiger partial charge in [-0.15, -0.1) is 0 Å². The van der Waals surface area contributed by atoms with E-state index in [1.165, 1.54) is 11.1 Å². The molecule has 1 amide bonds. The quantitative estimate of drug-likeness (QED) is 0.241. The van der Waals surface area contributed by atoms with Gasteiger partial charge in [0, 0.05) is 13.0 Å². The minimum Gasteiger partial charge on any atom is -0.489 e. The molecule has 4 rings (SSSR count). The molecule has 0 atom stereocenters. The van der Waals surface area contributed by atoms with E-state index in [1.807, 2.05) is 91.9 Å². The van der Waals surface area contributed by atoms with Crippen LogP contribution in [0.5, 0.6) is 11.5 Å². The maximum Gasteiger partial charge on any atom is 0.219 e. The Hall–Kier alpha value is -4.09. The number of nitrogens with two attached hydrogens (primary N) is 1. The van der Waals surface area contributed by atoms with Gasteiger partial charge in [0.2, 0.25) is 5.91 Å². The molecule has 0 heterocycles. The highest BCUT2D eigenvalue weighted by atomic mass is 16.5. The second-order valence-electron chi connectivity index (χ2n) is 8.84. The van der Waals surface area contributed by atoms with Gasteiger partial charge in [0.05, 0.1) is 0 Å². The molecule has 0 spiro atoms. The molecule has 0 aliphatic rings. The summed E-state index contributed by atoms with van der Waals surface area (Å²) >= 11 is 0. The summed E-state index contributed by atoms with van der Waals surface area (Å²) in [6.45, 7) is 4.36. The lowest BCUT2D eigenvalue weighted by Crippen LogP contribution is -2.24. The highest BCUT2D eigenvalue weighted by molar-refractivity contribution is 5.75. The number of hydrogen-bond acceptors (Lipinski definition) is 4. The number of amides is 1. The van der Waals surface area contributed by atoms with Gasteiger partial charge in [0.25, 0.3) is 0 Å². The van der Waals surface area contributed by atoms with Gasteiger partial charge in [-0.05, 0) is 65.9 Å². The molecule has 4 aromatic rings. The lowest BCUT2D eigenvalue weighted by atomic mass is 10.1. The maximum atomic E-state index is 11.2. The minimum atomic E-state index is 0.0893. The van der Waals surface area contributed by atoms with Gasteiger partial charge >= 0.3 is 0 Å². The van der Waals surface area contributed by atoms with Gasteiger partial charge in [0.1, 0.15) is 24.7 Å². The van der Waals surface area contributed by atoms with E-state index in [4.69, 9.17) is 15.2 Å². The van der Waals surface area contributed by atoms with Crippen LogP contribution < -0.4 is 20.5 Å². The number of rotatable bonds is 12. The fraction of sp³-hybridized carbons (Fsp3) is 0.242. The van der Waals surface area contributed by atoms with E-state index in [0.717, 1.165) is 35.5 Å². The summed E-state index contributed by atoms with van der Waals surface area (Å²) in [7, 11) is 0. The fourth-order valence-electron chi connectivity index (χ4n) is 3.70. The van der Waals surface area contributed by atoms with Crippen molar-refractivity contribution < 1.29 is 14.3 Å². The largest absolute Gasteiger partial charge is 0.489 e. The van der Waals surface area contributed by atoms with Crippen molar-refractivity contribution in [2.45, 2.75) is 39.4 Å². The number of carbonyl (C=O) groups is 1. The summed E-state index contributed by atoms with van der Waals surface area (Å²) in [5.74, 6) is 1.85. The van der Waals surface area contributed by atoms with Crippen molar-refractivity contribution in [1.29, 1.82) is 0 Å². The molecule has 0 saturated heterocycles. The predicted octanol–water partition coefficient (Wildman–Crippen LogP) is 6.10. The highest BCUT2D eigenvalue weighted by Gasteiger charge is 2.01. The van der Waals surface area contributed by atoms with Crippen molar-refractivity contribution in [3.8, 4) is 11.5 Å². The Morgan fingerprint density at radius 3 is 1.61 bits per heavy atom. The van der Waals surface area contributed by atoms with E-state index in [2.05, 4.69) is 29.6 Å². The lowest BCUT2D eigenvalue weighted by molar-refractivity contribution is -0.120. The second kappa shape index (κ2) is 16.6. The summed E-state index contributed by atoms with van der Waals surface area (Å²) in [6, 6.07) is 36.4. The van der Waals surface area contributed by atoms with Gasteiger partial charge in [-0.25, -0.2) is 0 Å². The molecule has 0 aliphatic heterocycles. The van der Waals surface area contributed by atoms with Gasteiger partial charge in [-0.3, -0.25) is 4.79 Å². The molecule has 5 heteroatoms. The molecular formula is C33H38N2O3. The number of carbonyl (C=O) groups excluding carboxylic acids is 1. The van der Waals surface area contributed by atoms with Crippen LogP contribution in [0, 0.1) is 0 Å². The van der Waals surface area contributed by atoms with Crippen molar-refractivity contribution in [3.05, 3.63) is 131 Å². The first-order valence-electron chi connectivity index (χ1n) is 13.1. The van der Waals surface area contributed by atoms with Crippen LogP contribution in [0.25, 0.3) is 0 Å². The van der Waals surface area contributed by atoms with E-state index in [0.29, 0.717) is 32.7 Å². The highest BCUT2D eigenvalue weighted by Crippen LogP contribution is 2.16. The fourth-order valence-corrected chi connectivity index (χ4v) is 3.70. The first kappa shape index (κ1) is 28.5. The van der Waals surface area contributed by atoms with Crippen molar-refractivity contribution in [3.63, 3.8) is 0 Å². The molecule has 0 aromatic heterocycles. The van der Waals surface area contributed by atoms with Crippen LogP contribution in [-0.2, 0) is 30.8 Å². The van der Waals surface area contributed by atoms with Crippen molar-refractivity contribution in [2.24, 2.45) is 5.73 Å². The van der Waals surface area contributed by atoms with E-state index in [1.54, 1.807) is 0 Å². The summed E-state index contributed by atoms with van der Waals surface area (Å²) in [4.78, 5) is 11.2. The Labute approximate surface area is 226 Å². The Balaban J connectivity index is 0.000000215. The van der Waals surface area contributed by atoms with Gasteiger partial charge < -0.3 is 20.5 Å². The van der Waals surface area contributed by atoms with Crippen molar-refractivity contribution in [2.75, 3.05) is 13.1 Å². The normalized spacial score (nSPS) is 10.2. The van der Waals surface area contributed by atoms with Gasteiger partial charge in [-0.2, -0.15) is 0 Å². The van der Waals surface area contributed by atoms with Gasteiger partial charge in [-0.1, -0.05) is 91.9 Å². The summed E-state index contributed by atoms with van der Waals surface area (Å²) in [6.07, 6.45) is 2.23. The molecule has 3 N–H and O–H groups in total. The first-order valence-corrected chi connectivity index (χ1v) is 13.1. The van der Waals surface area contributed by atoms with E-state index in [-0.39, 0.29) is 5.91 Å². The zero-order valence-corrected chi connectivity index (χ0v) is 22.1. The number of nitrogens with one attached hydrogen (secondary N) is 1. The van der Waals surface area contributed by atoms with Crippen LogP contribution in [0.1, 0.15) is 35.6 Å². The van der Waals surface area contributed by atoms with E-state index < -0.39 is 0 Å². The van der Waals surface area contributed by atoms with Crippen LogP contribution in [-0.4, -0.2) is 19.0 Å². The molecule has 0 saturated carbocycles. The van der Waals surface area contributed by atoms with E-state index in [9.17, 15) is 4.79 Å². The third-order valence-electron chi connectivity index (χ3n) is 5.78. The first-order chi connectivity index (χ1) is 18.7. The number of ether oxygens (including phenoxy) is 2. The number of hydrogen-bond donors (Lipinski definition) is 2. The Bertz CT molecular complexity index is 1210. The Kier molecular flexibility index (Phi) is 12.5. The average Bonchev–Trinajstić information content (AvgIpc) is 2.97. The molecule has 38 heavy (non-hydrogen) atoms. The van der Waals surface area contributed by atoms with E-state index >= 15 is 0 Å².